The highest BCUT2D eigenvalue weighted by Gasteiger charge is 2.14. The Morgan fingerprint density at radius 3 is 2.63 bits per heavy atom. The topological polar surface area (TPSA) is 60.7 Å². The third-order valence-corrected chi connectivity index (χ3v) is 2.73. The number of rotatable bonds is 8. The molecule has 0 spiro atoms. The first-order valence-corrected chi connectivity index (χ1v) is 6.56. The predicted octanol–water partition coefficient (Wildman–Crippen LogP) is 2.13. The standard InChI is InChI=1S/C14H23NO4/c1-5-17-6-7-18-9-14(16)15-11(3)13-8-10(2)19-12(13)4/h8,11H,5-7,9H2,1-4H3,(H,15,16). The van der Waals surface area contributed by atoms with Gasteiger partial charge in [0.1, 0.15) is 18.1 Å². The molecule has 5 nitrogen and oxygen atoms in total. The molecule has 1 heterocycles. The molecule has 1 aromatic rings. The van der Waals surface area contributed by atoms with Crippen LogP contribution in [0.2, 0.25) is 0 Å². The van der Waals surface area contributed by atoms with Gasteiger partial charge in [0.05, 0.1) is 19.3 Å². The van der Waals surface area contributed by atoms with Crippen molar-refractivity contribution >= 4 is 5.91 Å². The van der Waals surface area contributed by atoms with Crippen LogP contribution in [0.15, 0.2) is 10.5 Å². The van der Waals surface area contributed by atoms with Crippen molar-refractivity contribution in [2.45, 2.75) is 33.7 Å². The van der Waals surface area contributed by atoms with Crippen LogP contribution in [0.25, 0.3) is 0 Å². The largest absolute Gasteiger partial charge is 0.466 e. The number of hydrogen-bond acceptors (Lipinski definition) is 4. The van der Waals surface area contributed by atoms with Crippen molar-refractivity contribution in [1.82, 2.24) is 5.32 Å². The Bertz CT molecular complexity index is 400. The van der Waals surface area contributed by atoms with Gasteiger partial charge in [-0.3, -0.25) is 4.79 Å². The summed E-state index contributed by atoms with van der Waals surface area (Å²) in [5.74, 6) is 1.55. The molecule has 0 aliphatic heterocycles. The second kappa shape index (κ2) is 7.96. The van der Waals surface area contributed by atoms with E-state index < -0.39 is 0 Å². The van der Waals surface area contributed by atoms with Gasteiger partial charge in [0, 0.05) is 12.2 Å². The Balaban J connectivity index is 2.30. The summed E-state index contributed by atoms with van der Waals surface area (Å²) in [6.07, 6.45) is 0. The zero-order valence-electron chi connectivity index (χ0n) is 12.1. The van der Waals surface area contributed by atoms with Crippen LogP contribution in [-0.4, -0.2) is 32.3 Å². The Labute approximate surface area is 114 Å². The van der Waals surface area contributed by atoms with Gasteiger partial charge in [-0.2, -0.15) is 0 Å². The van der Waals surface area contributed by atoms with Crippen molar-refractivity contribution in [1.29, 1.82) is 0 Å². The summed E-state index contributed by atoms with van der Waals surface area (Å²) in [6, 6.07) is 1.86. The molecule has 108 valence electrons. The van der Waals surface area contributed by atoms with Crippen LogP contribution in [0.3, 0.4) is 0 Å². The fourth-order valence-electron chi connectivity index (χ4n) is 1.87. The molecule has 19 heavy (non-hydrogen) atoms. The van der Waals surface area contributed by atoms with E-state index in [1.54, 1.807) is 0 Å². The molecule has 0 radical (unpaired) electrons. The van der Waals surface area contributed by atoms with Gasteiger partial charge in [0.15, 0.2) is 0 Å². The molecule has 0 fully saturated rings. The van der Waals surface area contributed by atoms with Gasteiger partial charge >= 0.3 is 0 Å². The molecule has 1 unspecified atom stereocenters. The van der Waals surface area contributed by atoms with E-state index in [9.17, 15) is 4.79 Å². The first kappa shape index (κ1) is 15.7. The number of amides is 1. The van der Waals surface area contributed by atoms with E-state index in [2.05, 4.69) is 5.32 Å². The summed E-state index contributed by atoms with van der Waals surface area (Å²) in [7, 11) is 0. The molecule has 0 aliphatic rings. The number of hydrogen-bond donors (Lipinski definition) is 1. The van der Waals surface area contributed by atoms with Gasteiger partial charge < -0.3 is 19.2 Å². The van der Waals surface area contributed by atoms with Gasteiger partial charge in [0.2, 0.25) is 5.91 Å². The molecule has 1 amide bonds. The van der Waals surface area contributed by atoms with E-state index in [0.717, 1.165) is 17.1 Å². The number of furan rings is 1. The van der Waals surface area contributed by atoms with Gasteiger partial charge in [0.25, 0.3) is 0 Å². The molecule has 1 N–H and O–H groups in total. The van der Waals surface area contributed by atoms with Crippen molar-refractivity contribution in [3.8, 4) is 0 Å². The maximum absolute atomic E-state index is 11.7. The number of aryl methyl sites for hydroxylation is 2. The van der Waals surface area contributed by atoms with E-state index in [1.807, 2.05) is 33.8 Å². The molecule has 1 atom stereocenters. The van der Waals surface area contributed by atoms with E-state index in [1.165, 1.54) is 0 Å². The summed E-state index contributed by atoms with van der Waals surface area (Å²) >= 11 is 0. The number of ether oxygens (including phenoxy) is 2. The quantitative estimate of drug-likeness (QED) is 0.734. The molecular formula is C14H23NO4. The van der Waals surface area contributed by atoms with Crippen molar-refractivity contribution < 1.29 is 18.7 Å². The minimum atomic E-state index is -0.137. The zero-order valence-corrected chi connectivity index (χ0v) is 12.1. The smallest absolute Gasteiger partial charge is 0.246 e. The Morgan fingerprint density at radius 2 is 2.05 bits per heavy atom. The molecule has 0 bridgehead atoms. The molecule has 1 aromatic heterocycles. The molecular weight excluding hydrogens is 246 g/mol. The van der Waals surface area contributed by atoms with Crippen LogP contribution in [-0.2, 0) is 14.3 Å². The normalized spacial score (nSPS) is 12.4. The fraction of sp³-hybridized carbons (Fsp3) is 0.643. The van der Waals surface area contributed by atoms with Crippen LogP contribution in [0.4, 0.5) is 0 Å². The predicted molar refractivity (Wildman–Crippen MR) is 72.1 cm³/mol. The lowest BCUT2D eigenvalue weighted by Gasteiger charge is -2.13. The van der Waals surface area contributed by atoms with Crippen molar-refractivity contribution in [2.75, 3.05) is 26.4 Å². The van der Waals surface area contributed by atoms with Gasteiger partial charge in [-0.05, 0) is 33.8 Å². The number of nitrogens with one attached hydrogen (secondary N) is 1. The first-order chi connectivity index (χ1) is 9.04. The van der Waals surface area contributed by atoms with E-state index in [0.29, 0.717) is 19.8 Å². The minimum absolute atomic E-state index is 0.0489. The van der Waals surface area contributed by atoms with Crippen molar-refractivity contribution in [2.24, 2.45) is 0 Å². The average molecular weight is 269 g/mol. The Kier molecular flexibility index (Phi) is 6.59. The number of carbonyl (C=O) groups excluding carboxylic acids is 1. The molecule has 5 heteroatoms. The van der Waals surface area contributed by atoms with Crippen LogP contribution in [0.5, 0.6) is 0 Å². The minimum Gasteiger partial charge on any atom is -0.466 e. The van der Waals surface area contributed by atoms with Crippen LogP contribution in [0.1, 0.15) is 37.0 Å². The van der Waals surface area contributed by atoms with Crippen molar-refractivity contribution in [3.05, 3.63) is 23.2 Å². The third kappa shape index (κ3) is 5.44. The van der Waals surface area contributed by atoms with Gasteiger partial charge in [-0.25, -0.2) is 0 Å². The summed E-state index contributed by atoms with van der Waals surface area (Å²) in [5.41, 5.74) is 1.00. The third-order valence-electron chi connectivity index (χ3n) is 2.73. The first-order valence-electron chi connectivity index (χ1n) is 6.56. The maximum atomic E-state index is 11.7. The van der Waals surface area contributed by atoms with Crippen LogP contribution in [0, 0.1) is 13.8 Å². The molecule has 0 aromatic carbocycles. The summed E-state index contributed by atoms with van der Waals surface area (Å²) in [4.78, 5) is 11.7. The maximum Gasteiger partial charge on any atom is 0.246 e. The van der Waals surface area contributed by atoms with E-state index >= 15 is 0 Å². The molecule has 0 aliphatic carbocycles. The van der Waals surface area contributed by atoms with E-state index in [-0.39, 0.29) is 18.6 Å². The highest BCUT2D eigenvalue weighted by molar-refractivity contribution is 5.77. The molecule has 0 saturated heterocycles. The van der Waals surface area contributed by atoms with Gasteiger partial charge in [-0.1, -0.05) is 0 Å². The lowest BCUT2D eigenvalue weighted by molar-refractivity contribution is -0.126. The SMILES string of the molecule is CCOCCOCC(=O)NC(C)c1cc(C)oc1C. The Hall–Kier alpha value is -1.33. The summed E-state index contributed by atoms with van der Waals surface area (Å²) in [6.45, 7) is 9.28. The lowest BCUT2D eigenvalue weighted by atomic mass is 10.1. The molecule has 0 saturated carbocycles. The second-order valence-corrected chi connectivity index (χ2v) is 4.41. The summed E-state index contributed by atoms with van der Waals surface area (Å²) < 4.78 is 15.8. The highest BCUT2D eigenvalue weighted by Crippen LogP contribution is 2.20. The number of carbonyl (C=O) groups is 1. The Morgan fingerprint density at radius 1 is 1.37 bits per heavy atom. The monoisotopic (exact) mass is 269 g/mol. The van der Waals surface area contributed by atoms with Crippen LogP contribution >= 0.6 is 0 Å². The van der Waals surface area contributed by atoms with Gasteiger partial charge in [-0.15, -0.1) is 0 Å². The fourth-order valence-corrected chi connectivity index (χ4v) is 1.87. The average Bonchev–Trinajstić information content (AvgIpc) is 2.68. The lowest BCUT2D eigenvalue weighted by Crippen LogP contribution is -2.30. The van der Waals surface area contributed by atoms with Crippen LogP contribution < -0.4 is 5.32 Å². The zero-order chi connectivity index (χ0) is 14.3. The molecule has 1 rings (SSSR count). The van der Waals surface area contributed by atoms with E-state index in [4.69, 9.17) is 13.9 Å². The highest BCUT2D eigenvalue weighted by atomic mass is 16.5. The summed E-state index contributed by atoms with van der Waals surface area (Å²) in [5, 5.41) is 2.88. The second-order valence-electron chi connectivity index (χ2n) is 4.41. The van der Waals surface area contributed by atoms with Crippen molar-refractivity contribution in [3.63, 3.8) is 0 Å².